The Morgan fingerprint density at radius 3 is 2.36 bits per heavy atom. The minimum atomic E-state index is -2.65. The minimum absolute atomic E-state index is 0.0399. The zero-order chi connectivity index (χ0) is 32.0. The molecule has 2 aromatic heterocycles. The minimum Gasteiger partial charge on any atom is -0.497 e. The van der Waals surface area contributed by atoms with E-state index in [0.29, 0.717) is 48.3 Å². The topological polar surface area (TPSA) is 167 Å². The smallest absolute Gasteiger partial charge is 0.334 e. The Morgan fingerprint density at radius 1 is 1.05 bits per heavy atom. The number of ether oxygens (including phenoxy) is 4. The molecule has 1 unspecified atom stereocenters. The number of halogens is 1. The van der Waals surface area contributed by atoms with Crippen LogP contribution in [0.2, 0.25) is 4.34 Å². The van der Waals surface area contributed by atoms with Gasteiger partial charge in [0.15, 0.2) is 0 Å². The highest BCUT2D eigenvalue weighted by atomic mass is 35.5. The van der Waals surface area contributed by atoms with Crippen LogP contribution in [0.3, 0.4) is 0 Å². The lowest BCUT2D eigenvalue weighted by atomic mass is 10.0. The van der Waals surface area contributed by atoms with Crippen LogP contribution >= 0.6 is 22.9 Å². The van der Waals surface area contributed by atoms with Crippen molar-refractivity contribution in [3.8, 4) is 28.6 Å². The Kier molecular flexibility index (Phi) is 10.8. The van der Waals surface area contributed by atoms with Gasteiger partial charge in [-0.1, -0.05) is 16.1 Å². The van der Waals surface area contributed by atoms with Gasteiger partial charge in [0.1, 0.15) is 46.7 Å². The van der Waals surface area contributed by atoms with Crippen LogP contribution in [0.1, 0.15) is 24.0 Å². The van der Waals surface area contributed by atoms with E-state index >= 15 is 0 Å². The van der Waals surface area contributed by atoms with Crippen LogP contribution in [0.15, 0.2) is 41.2 Å². The Morgan fingerprint density at radius 2 is 1.75 bits per heavy atom. The Hall–Kier alpha value is -4.18. The second-order valence-electron chi connectivity index (χ2n) is 9.18. The maximum atomic E-state index is 12.9. The third-order valence-electron chi connectivity index (χ3n) is 6.13. The number of fused-ring (bicyclic) bond motifs is 1. The van der Waals surface area contributed by atoms with Crippen molar-refractivity contribution >= 4 is 62.0 Å². The number of carbonyl (C=O) groups excluding carboxylic acids is 2. The number of H-pyrrole nitrogens is 1. The SMILES string of the molecule is COc1cc(OC)c2c(=O)[nH]c(-c3cc(C)c(OCCOC(=O)CCC(=O)ON(c4ccc(Cl)s4)S(=O)O)c(C)c3)nc2c1. The number of benzene rings is 2. The maximum Gasteiger partial charge on any atom is 0.334 e. The summed E-state index contributed by atoms with van der Waals surface area (Å²) in [5.41, 5.74) is 2.25. The van der Waals surface area contributed by atoms with Crippen molar-refractivity contribution in [2.75, 3.05) is 31.9 Å². The Labute approximate surface area is 263 Å². The molecule has 0 amide bonds. The lowest BCUT2D eigenvalue weighted by molar-refractivity contribution is -0.150. The number of thiophene rings is 1. The Bertz CT molecular complexity index is 1750. The highest BCUT2D eigenvalue weighted by Gasteiger charge is 2.21. The fourth-order valence-corrected chi connectivity index (χ4v) is 5.76. The monoisotopic (exact) mass is 665 g/mol. The first-order valence-electron chi connectivity index (χ1n) is 12.9. The molecular weight excluding hydrogens is 638 g/mol. The van der Waals surface area contributed by atoms with Crippen molar-refractivity contribution in [1.29, 1.82) is 0 Å². The molecule has 2 N–H and O–H groups in total. The molecule has 234 valence electrons. The number of hydrogen-bond acceptors (Lipinski definition) is 11. The van der Waals surface area contributed by atoms with E-state index in [1.54, 1.807) is 12.1 Å². The summed E-state index contributed by atoms with van der Waals surface area (Å²) in [5.74, 6) is 0.200. The van der Waals surface area contributed by atoms with Crippen molar-refractivity contribution < 1.29 is 42.1 Å². The van der Waals surface area contributed by atoms with Gasteiger partial charge in [0, 0.05) is 17.7 Å². The summed E-state index contributed by atoms with van der Waals surface area (Å²) in [4.78, 5) is 49.4. The van der Waals surface area contributed by atoms with E-state index in [-0.39, 0.29) is 36.6 Å². The number of nitrogens with one attached hydrogen (secondary N) is 1. The molecule has 0 saturated heterocycles. The molecule has 4 rings (SSSR count). The van der Waals surface area contributed by atoms with Gasteiger partial charge in [0.05, 0.1) is 36.9 Å². The first-order valence-corrected chi connectivity index (χ1v) is 15.2. The van der Waals surface area contributed by atoms with Crippen molar-refractivity contribution in [2.24, 2.45) is 0 Å². The molecule has 0 aliphatic carbocycles. The summed E-state index contributed by atoms with van der Waals surface area (Å²) >= 11 is 4.11. The van der Waals surface area contributed by atoms with Crippen molar-refractivity contribution in [3.63, 3.8) is 0 Å². The third-order valence-corrected chi connectivity index (χ3v) is 8.00. The molecule has 16 heteroatoms. The quantitative estimate of drug-likeness (QED) is 0.0876. The average molecular weight is 666 g/mol. The average Bonchev–Trinajstić information content (AvgIpc) is 3.42. The molecule has 0 fully saturated rings. The van der Waals surface area contributed by atoms with Crippen molar-refractivity contribution in [2.45, 2.75) is 26.7 Å². The highest BCUT2D eigenvalue weighted by molar-refractivity contribution is 7.80. The predicted molar refractivity (Wildman–Crippen MR) is 165 cm³/mol. The van der Waals surface area contributed by atoms with Gasteiger partial charge in [-0.15, -0.1) is 11.3 Å². The molecule has 4 aromatic rings. The van der Waals surface area contributed by atoms with Gasteiger partial charge in [-0.25, -0.2) is 14.0 Å². The number of aryl methyl sites for hydroxylation is 2. The summed E-state index contributed by atoms with van der Waals surface area (Å²) in [6.07, 6.45) is -0.686. The van der Waals surface area contributed by atoms with Crippen LogP contribution < -0.4 is 24.2 Å². The molecule has 0 spiro atoms. The van der Waals surface area contributed by atoms with Gasteiger partial charge in [-0.2, -0.15) is 0 Å². The fraction of sp³-hybridized carbons (Fsp3) is 0.286. The Balaban J connectivity index is 1.32. The van der Waals surface area contributed by atoms with Crippen LogP contribution in [0.5, 0.6) is 17.2 Å². The highest BCUT2D eigenvalue weighted by Crippen LogP contribution is 2.32. The molecule has 0 saturated carbocycles. The largest absolute Gasteiger partial charge is 0.497 e. The van der Waals surface area contributed by atoms with E-state index < -0.39 is 23.2 Å². The lowest BCUT2D eigenvalue weighted by Gasteiger charge is -2.16. The summed E-state index contributed by atoms with van der Waals surface area (Å²) in [6.45, 7) is 3.62. The van der Waals surface area contributed by atoms with E-state index in [4.69, 9.17) is 35.4 Å². The molecule has 1 atom stereocenters. The van der Waals surface area contributed by atoms with Crippen LogP contribution in [0.4, 0.5) is 5.00 Å². The zero-order valence-corrected chi connectivity index (χ0v) is 26.4. The molecule has 0 bridgehead atoms. The van der Waals surface area contributed by atoms with Gasteiger partial charge < -0.3 is 28.8 Å². The van der Waals surface area contributed by atoms with Gasteiger partial charge in [0.2, 0.25) is 0 Å². The third kappa shape index (κ3) is 7.85. The number of nitrogens with zero attached hydrogens (tertiary/aromatic N) is 2. The standard InChI is InChI=1S/C28H28ClN3O10S2/c1-15-11-17(27-30-19-13-18(38-3)14-20(39-4)25(19)28(35)31-27)12-16(2)26(15)41-10-9-40-23(33)7-8-24(34)42-32(44(36)37)22-6-5-21(29)43-22/h5-6,11-14H,7-10H2,1-4H3,(H,36,37)(H,30,31,35). The van der Waals surface area contributed by atoms with Crippen LogP contribution in [0, 0.1) is 13.8 Å². The van der Waals surface area contributed by atoms with Crippen LogP contribution in [-0.4, -0.2) is 58.1 Å². The van der Waals surface area contributed by atoms with E-state index in [2.05, 4.69) is 9.97 Å². The van der Waals surface area contributed by atoms with Crippen molar-refractivity contribution in [3.05, 3.63) is 62.2 Å². The van der Waals surface area contributed by atoms with Crippen LogP contribution in [0.25, 0.3) is 22.3 Å². The molecule has 2 heterocycles. The van der Waals surface area contributed by atoms with Gasteiger partial charge in [-0.05, 0) is 49.2 Å². The van der Waals surface area contributed by atoms with E-state index in [1.807, 2.05) is 26.0 Å². The summed E-state index contributed by atoms with van der Waals surface area (Å²) in [6, 6.07) is 9.79. The number of carbonyl (C=O) groups is 2. The summed E-state index contributed by atoms with van der Waals surface area (Å²) in [7, 11) is 2.98. The normalized spacial score (nSPS) is 11.6. The number of hydrogen-bond donors (Lipinski definition) is 2. The second kappa shape index (κ2) is 14.5. The zero-order valence-electron chi connectivity index (χ0n) is 24.0. The van der Waals surface area contributed by atoms with E-state index in [0.717, 1.165) is 22.5 Å². The predicted octanol–water partition coefficient (Wildman–Crippen LogP) is 4.74. The number of rotatable bonds is 13. The summed E-state index contributed by atoms with van der Waals surface area (Å²) < 4.78 is 43.4. The van der Waals surface area contributed by atoms with Gasteiger partial charge >= 0.3 is 11.9 Å². The number of anilines is 1. The number of methoxy groups -OCH3 is 2. The first kappa shape index (κ1) is 32.7. The van der Waals surface area contributed by atoms with Crippen molar-refractivity contribution in [1.82, 2.24) is 9.97 Å². The van der Waals surface area contributed by atoms with Crippen LogP contribution in [-0.2, 0) is 30.4 Å². The second-order valence-corrected chi connectivity index (χ2v) is 11.7. The summed E-state index contributed by atoms with van der Waals surface area (Å²) in [5, 5.41) is 0.454. The molecule has 0 radical (unpaired) electrons. The fourth-order valence-electron chi connectivity index (χ4n) is 4.21. The number of esters is 1. The van der Waals surface area contributed by atoms with Gasteiger partial charge in [0.25, 0.3) is 16.8 Å². The molecular formula is C28H28ClN3O10S2. The molecule has 0 aliphatic heterocycles. The number of aromatic nitrogens is 2. The molecule has 0 aliphatic rings. The number of aromatic amines is 1. The lowest BCUT2D eigenvalue weighted by Crippen LogP contribution is -2.28. The molecule has 13 nitrogen and oxygen atoms in total. The molecule has 2 aromatic carbocycles. The van der Waals surface area contributed by atoms with Gasteiger partial charge in [-0.3, -0.25) is 14.1 Å². The first-order chi connectivity index (χ1) is 21.0. The maximum absolute atomic E-state index is 12.9. The molecule has 44 heavy (non-hydrogen) atoms. The van der Waals surface area contributed by atoms with E-state index in [1.165, 1.54) is 26.4 Å². The van der Waals surface area contributed by atoms with E-state index in [9.17, 15) is 23.1 Å².